The van der Waals surface area contributed by atoms with Crippen molar-refractivity contribution in [1.29, 1.82) is 0 Å². The highest BCUT2D eigenvalue weighted by atomic mass is 79.9. The van der Waals surface area contributed by atoms with E-state index >= 15 is 0 Å². The van der Waals surface area contributed by atoms with Gasteiger partial charge in [-0.1, -0.05) is 12.1 Å². The minimum atomic E-state index is -0.455. The summed E-state index contributed by atoms with van der Waals surface area (Å²) >= 11 is 3.34. The maximum absolute atomic E-state index is 12.2. The summed E-state index contributed by atoms with van der Waals surface area (Å²) in [5.74, 6) is -1.24. The van der Waals surface area contributed by atoms with Crippen LogP contribution in [0.4, 0.5) is 0 Å². The molecule has 1 aromatic carbocycles. The number of hydrogen-bond donors (Lipinski definition) is 1. The first kappa shape index (κ1) is 12.8. The molecule has 5 nitrogen and oxygen atoms in total. The van der Waals surface area contributed by atoms with Gasteiger partial charge in [0.2, 0.25) is 11.8 Å². The zero-order valence-corrected chi connectivity index (χ0v) is 11.3. The first-order chi connectivity index (χ1) is 8.49. The molecule has 1 fully saturated rings. The quantitative estimate of drug-likeness (QED) is 0.782. The smallest absolute Gasteiger partial charge is 0.255 e. The zero-order chi connectivity index (χ0) is 13.3. The van der Waals surface area contributed by atoms with Gasteiger partial charge in [-0.3, -0.25) is 19.7 Å². The number of amides is 3. The number of nitrogens with one attached hydrogen (secondary N) is 1. The number of carbonyl (C=O) groups is 3. The third-order valence-electron chi connectivity index (χ3n) is 2.66. The normalized spacial score (nSPS) is 15.6. The van der Waals surface area contributed by atoms with Crippen molar-refractivity contribution < 1.29 is 14.4 Å². The van der Waals surface area contributed by atoms with Gasteiger partial charge in [-0.05, 0) is 34.5 Å². The minimum absolute atomic E-state index is 0.0923. The van der Waals surface area contributed by atoms with Gasteiger partial charge in [-0.2, -0.15) is 0 Å². The lowest BCUT2D eigenvalue weighted by molar-refractivity contribution is -0.135. The van der Waals surface area contributed by atoms with Crippen LogP contribution < -0.4 is 5.32 Å². The second kappa shape index (κ2) is 4.89. The largest absolute Gasteiger partial charge is 0.320 e. The third-order valence-corrected chi connectivity index (χ3v) is 3.71. The number of piperazine rings is 1. The molecule has 1 saturated heterocycles. The zero-order valence-electron chi connectivity index (χ0n) is 9.70. The van der Waals surface area contributed by atoms with Gasteiger partial charge >= 0.3 is 0 Å². The average molecular weight is 311 g/mol. The molecule has 0 unspecified atom stereocenters. The first-order valence-corrected chi connectivity index (χ1v) is 6.15. The molecule has 1 aromatic rings. The van der Waals surface area contributed by atoms with Crippen LogP contribution in [0.3, 0.4) is 0 Å². The van der Waals surface area contributed by atoms with Crippen molar-refractivity contribution >= 4 is 33.7 Å². The van der Waals surface area contributed by atoms with E-state index in [9.17, 15) is 14.4 Å². The van der Waals surface area contributed by atoms with Crippen molar-refractivity contribution in [3.8, 4) is 0 Å². The molecule has 2 rings (SSSR count). The van der Waals surface area contributed by atoms with Crippen molar-refractivity contribution in [1.82, 2.24) is 10.2 Å². The Balaban J connectivity index is 2.28. The number of hydrogen-bond acceptors (Lipinski definition) is 3. The van der Waals surface area contributed by atoms with Crippen LogP contribution in [0.15, 0.2) is 22.7 Å². The van der Waals surface area contributed by atoms with Crippen LogP contribution in [0.25, 0.3) is 0 Å². The molecule has 18 heavy (non-hydrogen) atoms. The van der Waals surface area contributed by atoms with Gasteiger partial charge in [-0.15, -0.1) is 0 Å². The number of rotatable bonds is 1. The molecule has 0 spiro atoms. The van der Waals surface area contributed by atoms with Gasteiger partial charge in [-0.25, -0.2) is 0 Å². The fourth-order valence-corrected chi connectivity index (χ4v) is 2.20. The van der Waals surface area contributed by atoms with Crippen LogP contribution in [-0.2, 0) is 9.59 Å². The van der Waals surface area contributed by atoms with E-state index in [1.165, 1.54) is 4.90 Å². The number of aryl methyl sites for hydroxylation is 1. The SMILES string of the molecule is Cc1cccc(C(=O)N2CC(=O)NC(=O)C2)c1Br. The van der Waals surface area contributed by atoms with Crippen molar-refractivity contribution in [2.45, 2.75) is 6.92 Å². The lowest BCUT2D eigenvalue weighted by Crippen LogP contribution is -2.53. The van der Waals surface area contributed by atoms with Crippen LogP contribution in [0, 0.1) is 6.92 Å². The summed E-state index contributed by atoms with van der Waals surface area (Å²) in [6.45, 7) is 1.69. The van der Waals surface area contributed by atoms with Gasteiger partial charge in [0, 0.05) is 4.47 Å². The second-order valence-electron chi connectivity index (χ2n) is 4.07. The highest BCUT2D eigenvalue weighted by Crippen LogP contribution is 2.22. The van der Waals surface area contributed by atoms with E-state index in [0.717, 1.165) is 5.56 Å². The predicted molar refractivity (Wildman–Crippen MR) is 67.9 cm³/mol. The molecule has 1 N–H and O–H groups in total. The summed E-state index contributed by atoms with van der Waals surface area (Å²) in [7, 11) is 0. The molecule has 3 amide bonds. The monoisotopic (exact) mass is 310 g/mol. The van der Waals surface area contributed by atoms with E-state index in [4.69, 9.17) is 0 Å². The van der Waals surface area contributed by atoms with Crippen LogP contribution >= 0.6 is 15.9 Å². The second-order valence-corrected chi connectivity index (χ2v) is 4.86. The lowest BCUT2D eigenvalue weighted by Gasteiger charge is -2.26. The van der Waals surface area contributed by atoms with Crippen molar-refractivity contribution in [2.24, 2.45) is 0 Å². The Morgan fingerprint density at radius 1 is 1.28 bits per heavy atom. The first-order valence-electron chi connectivity index (χ1n) is 5.36. The summed E-state index contributed by atoms with van der Waals surface area (Å²) in [4.78, 5) is 35.9. The van der Waals surface area contributed by atoms with E-state index in [-0.39, 0.29) is 19.0 Å². The van der Waals surface area contributed by atoms with Crippen molar-refractivity contribution in [2.75, 3.05) is 13.1 Å². The van der Waals surface area contributed by atoms with E-state index < -0.39 is 11.8 Å². The van der Waals surface area contributed by atoms with Crippen molar-refractivity contribution in [3.05, 3.63) is 33.8 Å². The maximum Gasteiger partial charge on any atom is 0.255 e. The fourth-order valence-electron chi connectivity index (χ4n) is 1.76. The molecule has 1 aliphatic rings. The minimum Gasteiger partial charge on any atom is -0.320 e. The number of halogens is 1. The summed E-state index contributed by atoms with van der Waals surface area (Å²) < 4.78 is 0.688. The summed E-state index contributed by atoms with van der Waals surface area (Å²) in [6.07, 6.45) is 0. The molecule has 94 valence electrons. The summed E-state index contributed by atoms with van der Waals surface area (Å²) in [5.41, 5.74) is 1.38. The third kappa shape index (κ3) is 2.43. The fraction of sp³-hybridized carbons (Fsp3) is 0.250. The summed E-state index contributed by atoms with van der Waals surface area (Å²) in [6, 6.07) is 5.30. The Morgan fingerprint density at radius 2 is 1.89 bits per heavy atom. The Morgan fingerprint density at radius 3 is 2.50 bits per heavy atom. The Bertz CT molecular complexity index is 526. The number of carbonyl (C=O) groups excluding carboxylic acids is 3. The van der Waals surface area contributed by atoms with Crippen molar-refractivity contribution in [3.63, 3.8) is 0 Å². The van der Waals surface area contributed by atoms with E-state index in [1.807, 2.05) is 13.0 Å². The summed E-state index contributed by atoms with van der Waals surface area (Å²) in [5, 5.41) is 2.16. The van der Waals surface area contributed by atoms with Gasteiger partial charge in [0.05, 0.1) is 5.56 Å². The van der Waals surface area contributed by atoms with Crippen LogP contribution in [-0.4, -0.2) is 35.7 Å². The molecule has 0 radical (unpaired) electrons. The highest BCUT2D eigenvalue weighted by Gasteiger charge is 2.28. The van der Waals surface area contributed by atoms with E-state index in [0.29, 0.717) is 10.0 Å². The number of benzene rings is 1. The van der Waals surface area contributed by atoms with Gasteiger partial charge in [0.15, 0.2) is 0 Å². The van der Waals surface area contributed by atoms with Gasteiger partial charge < -0.3 is 4.90 Å². The lowest BCUT2D eigenvalue weighted by atomic mass is 10.1. The maximum atomic E-state index is 12.2. The predicted octanol–water partition coefficient (Wildman–Crippen LogP) is 0.856. The molecule has 0 saturated carbocycles. The van der Waals surface area contributed by atoms with Gasteiger partial charge in [0.25, 0.3) is 5.91 Å². The molecule has 0 bridgehead atoms. The average Bonchev–Trinajstić information content (AvgIpc) is 2.30. The Kier molecular flexibility index (Phi) is 3.47. The molecule has 0 atom stereocenters. The number of imide groups is 1. The topological polar surface area (TPSA) is 66.5 Å². The standard InChI is InChI=1S/C12H11BrN2O3/c1-7-3-2-4-8(11(7)13)12(18)15-5-9(16)14-10(17)6-15/h2-4H,5-6H2,1H3,(H,14,16,17). The van der Waals surface area contributed by atoms with Crippen LogP contribution in [0.2, 0.25) is 0 Å². The van der Waals surface area contributed by atoms with E-state index in [1.54, 1.807) is 12.1 Å². The molecule has 0 aliphatic carbocycles. The van der Waals surface area contributed by atoms with E-state index in [2.05, 4.69) is 21.2 Å². The highest BCUT2D eigenvalue weighted by molar-refractivity contribution is 9.10. The van der Waals surface area contributed by atoms with Crippen LogP contribution in [0.1, 0.15) is 15.9 Å². The molecular formula is C12H11BrN2O3. The Labute approximate surface area is 112 Å². The number of nitrogens with zero attached hydrogens (tertiary/aromatic N) is 1. The molecule has 6 heteroatoms. The van der Waals surface area contributed by atoms with Gasteiger partial charge in [0.1, 0.15) is 13.1 Å². The molecular weight excluding hydrogens is 300 g/mol. The van der Waals surface area contributed by atoms with Crippen LogP contribution in [0.5, 0.6) is 0 Å². The molecule has 0 aromatic heterocycles. The Hall–Kier alpha value is -1.69. The molecule has 1 aliphatic heterocycles. The molecule has 1 heterocycles.